The predicted molar refractivity (Wildman–Crippen MR) is 128 cm³/mol. The first-order chi connectivity index (χ1) is 15.9. The van der Waals surface area contributed by atoms with Gasteiger partial charge in [0.1, 0.15) is 5.82 Å². The molecular formula is C26H19FN2O3S. The molecule has 5 nitrogen and oxygen atoms in total. The van der Waals surface area contributed by atoms with Gasteiger partial charge in [0.15, 0.2) is 9.84 Å². The third kappa shape index (κ3) is 3.70. The zero-order valence-corrected chi connectivity index (χ0v) is 18.5. The lowest BCUT2D eigenvalue weighted by molar-refractivity contribution is 0.597. The zero-order chi connectivity index (χ0) is 23.2. The summed E-state index contributed by atoms with van der Waals surface area (Å²) in [6, 6.07) is 21.4. The molecule has 5 rings (SSSR count). The van der Waals surface area contributed by atoms with Gasteiger partial charge in [-0.1, -0.05) is 25.1 Å². The zero-order valence-electron chi connectivity index (χ0n) is 17.7. The molecule has 0 saturated carbocycles. The molecule has 5 aromatic rings. The van der Waals surface area contributed by atoms with Crippen molar-refractivity contribution in [2.45, 2.75) is 11.8 Å². The molecule has 2 heterocycles. The van der Waals surface area contributed by atoms with E-state index >= 15 is 0 Å². The maximum Gasteiger partial charge on any atom is 0.255 e. The summed E-state index contributed by atoms with van der Waals surface area (Å²) in [6.07, 6.45) is 1.71. The molecule has 0 fully saturated rings. The van der Waals surface area contributed by atoms with E-state index in [1.165, 1.54) is 30.3 Å². The first kappa shape index (κ1) is 21.0. The maximum atomic E-state index is 13.4. The smallest absolute Gasteiger partial charge is 0.255 e. The van der Waals surface area contributed by atoms with Gasteiger partial charge in [0.2, 0.25) is 0 Å². The molecular weight excluding hydrogens is 439 g/mol. The monoisotopic (exact) mass is 458 g/mol. The number of hydrogen-bond donors (Lipinski definition) is 0. The van der Waals surface area contributed by atoms with Crippen LogP contribution in [0.2, 0.25) is 0 Å². The van der Waals surface area contributed by atoms with E-state index in [0.717, 1.165) is 21.9 Å². The van der Waals surface area contributed by atoms with Crippen LogP contribution in [0.3, 0.4) is 0 Å². The fourth-order valence-electron chi connectivity index (χ4n) is 3.96. The largest absolute Gasteiger partial charge is 0.276 e. The molecule has 0 aliphatic heterocycles. The Hall–Kier alpha value is -3.84. The van der Waals surface area contributed by atoms with Crippen molar-refractivity contribution in [3.05, 3.63) is 101 Å². The number of sulfone groups is 1. The van der Waals surface area contributed by atoms with Crippen molar-refractivity contribution in [2.75, 3.05) is 5.75 Å². The molecule has 164 valence electrons. The number of nitrogens with zero attached hydrogens (tertiary/aromatic N) is 2. The number of rotatable bonds is 4. The van der Waals surface area contributed by atoms with Crippen LogP contribution in [0.4, 0.5) is 4.39 Å². The Kier molecular flexibility index (Phi) is 5.06. The van der Waals surface area contributed by atoms with Crippen LogP contribution >= 0.6 is 0 Å². The Balaban J connectivity index is 1.78. The second-order valence-electron chi connectivity index (χ2n) is 7.71. The molecule has 2 aromatic heterocycles. The first-order valence-corrected chi connectivity index (χ1v) is 12.1. The van der Waals surface area contributed by atoms with Crippen LogP contribution in [0.5, 0.6) is 0 Å². The highest BCUT2D eigenvalue weighted by molar-refractivity contribution is 7.91. The van der Waals surface area contributed by atoms with Crippen LogP contribution in [-0.4, -0.2) is 23.7 Å². The fraction of sp³-hybridized carbons (Fsp3) is 0.0769. The lowest BCUT2D eigenvalue weighted by atomic mass is 10.0. The van der Waals surface area contributed by atoms with Gasteiger partial charge in [-0.25, -0.2) is 12.8 Å². The average molecular weight is 459 g/mol. The lowest BCUT2D eigenvalue weighted by Crippen LogP contribution is -2.18. The van der Waals surface area contributed by atoms with Crippen LogP contribution in [0.1, 0.15) is 6.92 Å². The summed E-state index contributed by atoms with van der Waals surface area (Å²) in [7, 11) is -3.35. The normalized spacial score (nSPS) is 11.8. The summed E-state index contributed by atoms with van der Waals surface area (Å²) in [5.74, 6) is -0.308. The Morgan fingerprint density at radius 3 is 2.27 bits per heavy atom. The lowest BCUT2D eigenvalue weighted by Gasteiger charge is -2.14. The van der Waals surface area contributed by atoms with Gasteiger partial charge in [0.25, 0.3) is 5.56 Å². The number of aromatic nitrogens is 2. The maximum absolute atomic E-state index is 13.4. The molecule has 0 aliphatic carbocycles. The van der Waals surface area contributed by atoms with Crippen molar-refractivity contribution in [3.63, 3.8) is 0 Å². The van der Waals surface area contributed by atoms with Gasteiger partial charge in [0.05, 0.1) is 21.7 Å². The fourth-order valence-corrected chi connectivity index (χ4v) is 4.84. The van der Waals surface area contributed by atoms with Crippen LogP contribution < -0.4 is 5.56 Å². The Bertz CT molecular complexity index is 1670. The third-order valence-corrected chi connectivity index (χ3v) is 7.48. The van der Waals surface area contributed by atoms with Gasteiger partial charge in [-0.2, -0.15) is 0 Å². The van der Waals surface area contributed by atoms with Crippen molar-refractivity contribution in [1.29, 1.82) is 0 Å². The van der Waals surface area contributed by atoms with E-state index in [2.05, 4.69) is 4.98 Å². The van der Waals surface area contributed by atoms with Gasteiger partial charge in [-0.15, -0.1) is 0 Å². The highest BCUT2D eigenvalue weighted by Crippen LogP contribution is 2.30. The van der Waals surface area contributed by atoms with Crippen molar-refractivity contribution in [2.24, 2.45) is 0 Å². The number of hydrogen-bond acceptors (Lipinski definition) is 4. The summed E-state index contributed by atoms with van der Waals surface area (Å²) < 4.78 is 39.3. The van der Waals surface area contributed by atoms with Crippen molar-refractivity contribution in [1.82, 2.24) is 9.55 Å². The van der Waals surface area contributed by atoms with Gasteiger partial charge < -0.3 is 0 Å². The van der Waals surface area contributed by atoms with E-state index in [0.29, 0.717) is 16.7 Å². The average Bonchev–Trinajstić information content (AvgIpc) is 2.84. The van der Waals surface area contributed by atoms with Gasteiger partial charge in [0, 0.05) is 28.7 Å². The third-order valence-electron chi connectivity index (χ3n) is 5.73. The van der Waals surface area contributed by atoms with Gasteiger partial charge >= 0.3 is 0 Å². The second kappa shape index (κ2) is 7.94. The molecule has 0 bridgehead atoms. The second-order valence-corrected chi connectivity index (χ2v) is 9.98. The van der Waals surface area contributed by atoms with Crippen LogP contribution in [0, 0.1) is 5.82 Å². The molecule has 0 N–H and O–H groups in total. The Labute approximate surface area is 189 Å². The van der Waals surface area contributed by atoms with E-state index in [1.807, 2.05) is 18.2 Å². The molecule has 0 unspecified atom stereocenters. The number of pyridine rings is 2. The molecule has 0 aliphatic rings. The summed E-state index contributed by atoms with van der Waals surface area (Å²) in [4.78, 5) is 17.7. The highest BCUT2D eigenvalue weighted by atomic mass is 32.2. The standard InChI is InChI=1S/C26H19FN2O3S/c1-2-33(31,32)22-11-9-21(10-12-22)29-25(30)14-6-19-16-28-24-13-5-18(15-23(24)26(19)29)17-3-7-20(27)8-4-17/h3-16H,2H2,1H3. The Morgan fingerprint density at radius 1 is 0.879 bits per heavy atom. The number of halogens is 1. The summed E-state index contributed by atoms with van der Waals surface area (Å²) in [6.45, 7) is 1.59. The van der Waals surface area contributed by atoms with Crippen LogP contribution in [-0.2, 0) is 9.84 Å². The molecule has 0 spiro atoms. The molecule has 0 saturated heterocycles. The molecule has 3 aromatic carbocycles. The quantitative estimate of drug-likeness (QED) is 0.350. The van der Waals surface area contributed by atoms with Gasteiger partial charge in [-0.3, -0.25) is 14.3 Å². The molecule has 0 atom stereocenters. The molecule has 0 amide bonds. The SMILES string of the molecule is CCS(=O)(=O)c1ccc(-n2c(=O)ccc3cnc4ccc(-c5ccc(F)cc5)cc4c32)cc1. The number of benzene rings is 3. The van der Waals surface area contributed by atoms with Gasteiger partial charge in [-0.05, 0) is 65.7 Å². The highest BCUT2D eigenvalue weighted by Gasteiger charge is 2.14. The van der Waals surface area contributed by atoms with E-state index in [4.69, 9.17) is 0 Å². The minimum atomic E-state index is -3.35. The number of fused-ring (bicyclic) bond motifs is 3. The molecule has 7 heteroatoms. The van der Waals surface area contributed by atoms with Crippen LogP contribution in [0.25, 0.3) is 38.6 Å². The minimum Gasteiger partial charge on any atom is -0.276 e. The predicted octanol–water partition coefficient (Wildman–Crippen LogP) is 5.14. The summed E-state index contributed by atoms with van der Waals surface area (Å²) in [5, 5.41) is 1.53. The topological polar surface area (TPSA) is 69.0 Å². The summed E-state index contributed by atoms with van der Waals surface area (Å²) >= 11 is 0. The van der Waals surface area contributed by atoms with Crippen molar-refractivity contribution >= 4 is 31.6 Å². The summed E-state index contributed by atoms with van der Waals surface area (Å²) in [5.41, 5.74) is 3.40. The van der Waals surface area contributed by atoms with E-state index in [1.54, 1.807) is 48.0 Å². The molecule has 33 heavy (non-hydrogen) atoms. The van der Waals surface area contributed by atoms with E-state index < -0.39 is 9.84 Å². The van der Waals surface area contributed by atoms with Crippen molar-refractivity contribution in [3.8, 4) is 16.8 Å². The van der Waals surface area contributed by atoms with E-state index in [9.17, 15) is 17.6 Å². The van der Waals surface area contributed by atoms with Crippen molar-refractivity contribution < 1.29 is 12.8 Å². The molecule has 0 radical (unpaired) electrons. The Morgan fingerprint density at radius 2 is 1.58 bits per heavy atom. The minimum absolute atomic E-state index is 0.00301. The van der Waals surface area contributed by atoms with E-state index in [-0.39, 0.29) is 22.0 Å². The first-order valence-electron chi connectivity index (χ1n) is 10.4. The van der Waals surface area contributed by atoms with Crippen LogP contribution in [0.15, 0.2) is 94.7 Å².